The third-order valence-electron chi connectivity index (χ3n) is 1.93. The smallest absolute Gasteiger partial charge is 0.326 e. The van der Waals surface area contributed by atoms with Gasteiger partial charge in [0.25, 0.3) is 5.56 Å². The van der Waals surface area contributed by atoms with E-state index in [9.17, 15) is 9.59 Å². The van der Waals surface area contributed by atoms with Crippen molar-refractivity contribution in [2.75, 3.05) is 19.0 Å². The van der Waals surface area contributed by atoms with Crippen molar-refractivity contribution >= 4 is 11.8 Å². The lowest BCUT2D eigenvalue weighted by Gasteiger charge is -2.13. The van der Waals surface area contributed by atoms with E-state index in [0.717, 1.165) is 0 Å². The Morgan fingerprint density at radius 1 is 1.75 bits per heavy atom. The van der Waals surface area contributed by atoms with Crippen LogP contribution in [0.3, 0.4) is 0 Å². The number of rotatable bonds is 6. The van der Waals surface area contributed by atoms with Gasteiger partial charge in [0.15, 0.2) is 5.82 Å². The lowest BCUT2D eigenvalue weighted by atomic mass is 10.2. The summed E-state index contributed by atoms with van der Waals surface area (Å²) in [6, 6.07) is -0.893. The number of aliphatic carboxylic acids is 1. The van der Waals surface area contributed by atoms with E-state index < -0.39 is 17.6 Å². The molecule has 7 nitrogen and oxygen atoms in total. The Labute approximate surface area is 91.5 Å². The van der Waals surface area contributed by atoms with Gasteiger partial charge in [-0.05, 0) is 0 Å². The number of nitrogens with zero attached hydrogens (tertiary/aromatic N) is 1. The number of hydrogen-bond donors (Lipinski definition) is 3. The van der Waals surface area contributed by atoms with Crippen LogP contribution in [0.5, 0.6) is 0 Å². The zero-order valence-corrected chi connectivity index (χ0v) is 8.77. The zero-order chi connectivity index (χ0) is 12.0. The van der Waals surface area contributed by atoms with Crippen LogP contribution in [0.4, 0.5) is 5.82 Å². The van der Waals surface area contributed by atoms with E-state index in [4.69, 9.17) is 9.84 Å². The number of aromatic amines is 1. The summed E-state index contributed by atoms with van der Waals surface area (Å²) in [6.07, 6.45) is 3.00. The number of carboxylic acid groups (broad SMARTS) is 1. The first kappa shape index (κ1) is 12.2. The molecule has 1 unspecified atom stereocenters. The molecule has 3 N–H and O–H groups in total. The van der Waals surface area contributed by atoms with Gasteiger partial charge < -0.3 is 20.1 Å². The van der Waals surface area contributed by atoms with Gasteiger partial charge in [0.1, 0.15) is 6.04 Å². The summed E-state index contributed by atoms with van der Waals surface area (Å²) in [5.41, 5.74) is -0.453. The minimum absolute atomic E-state index is 0.00833. The average molecular weight is 227 g/mol. The molecule has 0 radical (unpaired) electrons. The highest BCUT2D eigenvalue weighted by molar-refractivity contribution is 5.76. The molecule has 0 amide bonds. The van der Waals surface area contributed by atoms with Crippen molar-refractivity contribution in [2.45, 2.75) is 12.5 Å². The van der Waals surface area contributed by atoms with Crippen LogP contribution < -0.4 is 10.9 Å². The monoisotopic (exact) mass is 227 g/mol. The number of nitrogens with one attached hydrogen (secondary N) is 2. The van der Waals surface area contributed by atoms with E-state index in [0.29, 0.717) is 0 Å². The van der Waals surface area contributed by atoms with E-state index in [1.807, 2.05) is 0 Å². The van der Waals surface area contributed by atoms with E-state index in [1.54, 1.807) is 0 Å². The molecule has 88 valence electrons. The summed E-state index contributed by atoms with van der Waals surface area (Å²) in [7, 11) is 1.48. The van der Waals surface area contributed by atoms with Gasteiger partial charge in [-0.2, -0.15) is 0 Å². The Bertz CT molecular complexity index is 404. The van der Waals surface area contributed by atoms with Crippen molar-refractivity contribution in [3.05, 3.63) is 22.7 Å². The number of carbonyl (C=O) groups is 1. The highest BCUT2D eigenvalue weighted by Gasteiger charge is 2.18. The van der Waals surface area contributed by atoms with Crippen molar-refractivity contribution in [1.29, 1.82) is 0 Å². The van der Waals surface area contributed by atoms with Crippen LogP contribution in [0.1, 0.15) is 6.42 Å². The predicted molar refractivity (Wildman–Crippen MR) is 56.4 cm³/mol. The van der Waals surface area contributed by atoms with Crippen LogP contribution in [0.15, 0.2) is 17.2 Å². The maximum atomic E-state index is 11.2. The van der Waals surface area contributed by atoms with Crippen LogP contribution in [0, 0.1) is 0 Å². The molecular weight excluding hydrogens is 214 g/mol. The fourth-order valence-electron chi connectivity index (χ4n) is 1.11. The highest BCUT2D eigenvalue weighted by Crippen LogP contribution is 2.00. The number of ether oxygens (including phenoxy) is 1. The molecule has 1 atom stereocenters. The quantitative estimate of drug-likeness (QED) is 0.614. The summed E-state index contributed by atoms with van der Waals surface area (Å²) in [5.74, 6) is -1.06. The molecule has 7 heteroatoms. The lowest BCUT2D eigenvalue weighted by Crippen LogP contribution is -2.33. The molecule has 1 aromatic heterocycles. The van der Waals surface area contributed by atoms with Crippen molar-refractivity contribution in [2.24, 2.45) is 0 Å². The van der Waals surface area contributed by atoms with Crippen LogP contribution in [0.2, 0.25) is 0 Å². The molecule has 1 heterocycles. The third-order valence-corrected chi connectivity index (χ3v) is 1.93. The molecule has 16 heavy (non-hydrogen) atoms. The first-order chi connectivity index (χ1) is 7.65. The number of carboxylic acids is 1. The normalized spacial score (nSPS) is 12.1. The number of anilines is 1. The second-order valence-electron chi connectivity index (χ2n) is 3.08. The Hall–Kier alpha value is -1.89. The Morgan fingerprint density at radius 3 is 3.06 bits per heavy atom. The molecule has 1 rings (SSSR count). The van der Waals surface area contributed by atoms with Crippen molar-refractivity contribution in [1.82, 2.24) is 9.97 Å². The van der Waals surface area contributed by atoms with E-state index >= 15 is 0 Å². The third kappa shape index (κ3) is 3.35. The largest absolute Gasteiger partial charge is 0.480 e. The number of aromatic nitrogens is 2. The molecular formula is C9H13N3O4. The minimum Gasteiger partial charge on any atom is -0.480 e. The SMILES string of the molecule is COCCC(Nc1ncc[nH]c1=O)C(=O)O. The van der Waals surface area contributed by atoms with Gasteiger partial charge in [0.05, 0.1) is 0 Å². The van der Waals surface area contributed by atoms with Gasteiger partial charge in [-0.25, -0.2) is 9.78 Å². The topological polar surface area (TPSA) is 104 Å². The molecule has 0 saturated carbocycles. The fourth-order valence-corrected chi connectivity index (χ4v) is 1.11. The zero-order valence-electron chi connectivity index (χ0n) is 8.77. The minimum atomic E-state index is -1.05. The summed E-state index contributed by atoms with van der Waals surface area (Å²) in [5, 5.41) is 11.4. The van der Waals surface area contributed by atoms with Gasteiger partial charge in [0.2, 0.25) is 0 Å². The van der Waals surface area contributed by atoms with Gasteiger partial charge in [0, 0.05) is 32.5 Å². The molecule has 0 aliphatic heterocycles. The van der Waals surface area contributed by atoms with Crippen molar-refractivity contribution in [3.63, 3.8) is 0 Å². The van der Waals surface area contributed by atoms with Gasteiger partial charge in [-0.15, -0.1) is 0 Å². The Balaban J connectivity index is 2.72. The molecule has 0 fully saturated rings. The molecule has 0 saturated heterocycles. The van der Waals surface area contributed by atoms with Crippen LogP contribution >= 0.6 is 0 Å². The Kier molecular flexibility index (Phi) is 4.46. The lowest BCUT2D eigenvalue weighted by molar-refractivity contribution is -0.138. The van der Waals surface area contributed by atoms with Gasteiger partial charge >= 0.3 is 5.97 Å². The van der Waals surface area contributed by atoms with Crippen LogP contribution in [-0.2, 0) is 9.53 Å². The van der Waals surface area contributed by atoms with E-state index in [1.165, 1.54) is 19.5 Å². The molecule has 0 aromatic carbocycles. The summed E-state index contributed by atoms with van der Waals surface area (Å²) in [6.45, 7) is 0.286. The first-order valence-corrected chi connectivity index (χ1v) is 4.67. The Morgan fingerprint density at radius 2 is 2.50 bits per heavy atom. The van der Waals surface area contributed by atoms with Gasteiger partial charge in [-0.3, -0.25) is 4.79 Å². The molecule has 1 aromatic rings. The summed E-state index contributed by atoms with van der Waals surface area (Å²) < 4.78 is 4.78. The average Bonchev–Trinajstić information content (AvgIpc) is 2.26. The highest BCUT2D eigenvalue weighted by atomic mass is 16.5. The second kappa shape index (κ2) is 5.86. The standard InChI is InChI=1S/C9H13N3O4/c1-16-5-2-6(9(14)15)12-7-8(13)11-4-3-10-7/h3-4,6H,2,5H2,1H3,(H,10,12)(H,11,13)(H,14,15). The van der Waals surface area contributed by atoms with Crippen molar-refractivity contribution < 1.29 is 14.6 Å². The molecule has 0 aliphatic carbocycles. The van der Waals surface area contributed by atoms with E-state index in [2.05, 4.69) is 15.3 Å². The van der Waals surface area contributed by atoms with Crippen LogP contribution in [-0.4, -0.2) is 40.8 Å². The summed E-state index contributed by atoms with van der Waals surface area (Å²) in [4.78, 5) is 28.3. The molecule has 0 spiro atoms. The maximum absolute atomic E-state index is 11.2. The number of hydrogen-bond acceptors (Lipinski definition) is 5. The van der Waals surface area contributed by atoms with E-state index in [-0.39, 0.29) is 18.8 Å². The fraction of sp³-hybridized carbons (Fsp3) is 0.444. The molecule has 0 aliphatic rings. The maximum Gasteiger partial charge on any atom is 0.326 e. The first-order valence-electron chi connectivity index (χ1n) is 4.67. The number of H-pyrrole nitrogens is 1. The van der Waals surface area contributed by atoms with Crippen molar-refractivity contribution in [3.8, 4) is 0 Å². The molecule has 0 bridgehead atoms. The second-order valence-corrected chi connectivity index (χ2v) is 3.08. The number of methoxy groups -OCH3 is 1. The summed E-state index contributed by atoms with van der Waals surface area (Å²) >= 11 is 0. The predicted octanol–water partition coefficient (Wildman–Crippen LogP) is -0.329. The van der Waals surface area contributed by atoms with Crippen LogP contribution in [0.25, 0.3) is 0 Å². The van der Waals surface area contributed by atoms with Gasteiger partial charge in [-0.1, -0.05) is 0 Å².